The Morgan fingerprint density at radius 1 is 1.50 bits per heavy atom. The summed E-state index contributed by atoms with van der Waals surface area (Å²) in [7, 11) is 0. The van der Waals surface area contributed by atoms with Crippen molar-refractivity contribution in [3.8, 4) is 5.75 Å². The van der Waals surface area contributed by atoms with Crippen LogP contribution in [0.4, 0.5) is 10.1 Å². The van der Waals surface area contributed by atoms with Gasteiger partial charge in [0, 0.05) is 17.7 Å². The van der Waals surface area contributed by atoms with Gasteiger partial charge in [-0.15, -0.1) is 0 Å². The van der Waals surface area contributed by atoms with Crippen molar-refractivity contribution in [3.05, 3.63) is 23.5 Å². The molecule has 0 saturated heterocycles. The van der Waals surface area contributed by atoms with Crippen LogP contribution in [0.2, 0.25) is 0 Å². The summed E-state index contributed by atoms with van der Waals surface area (Å²) in [6, 6.07) is 1.96. The molecule has 0 unspecified atom stereocenters. The molecule has 0 radical (unpaired) electrons. The number of benzene rings is 1. The minimum absolute atomic E-state index is 0.0000926. The van der Waals surface area contributed by atoms with Crippen molar-refractivity contribution < 1.29 is 9.50 Å². The number of nitrogen functional groups attached to an aromatic ring is 1. The predicted octanol–water partition coefficient (Wildman–Crippen LogP) is 1.13. The zero-order valence-electron chi connectivity index (χ0n) is 6.71. The molecule has 0 aromatic heterocycles. The molecule has 0 fully saturated rings. The van der Waals surface area contributed by atoms with Gasteiger partial charge in [0.1, 0.15) is 11.6 Å². The Bertz CT molecular complexity index is 299. The van der Waals surface area contributed by atoms with Crippen molar-refractivity contribution in [2.45, 2.75) is 13.0 Å². The first-order chi connectivity index (χ1) is 5.52. The van der Waals surface area contributed by atoms with Crippen molar-refractivity contribution >= 4 is 5.69 Å². The highest BCUT2D eigenvalue weighted by molar-refractivity contribution is 5.49. The molecular weight excluding hydrogens is 159 g/mol. The second-order valence-electron chi connectivity index (χ2n) is 2.72. The Balaban J connectivity index is 3.23. The van der Waals surface area contributed by atoms with E-state index in [1.54, 1.807) is 6.92 Å². The van der Waals surface area contributed by atoms with E-state index >= 15 is 0 Å². The Morgan fingerprint density at radius 3 is 2.58 bits per heavy atom. The third-order valence-corrected chi connectivity index (χ3v) is 1.64. The van der Waals surface area contributed by atoms with Crippen molar-refractivity contribution in [1.82, 2.24) is 0 Å². The Kier molecular flexibility index (Phi) is 2.19. The minimum atomic E-state index is -0.628. The maximum Gasteiger partial charge on any atom is 0.149 e. The highest BCUT2D eigenvalue weighted by Crippen LogP contribution is 2.26. The normalized spacial score (nSPS) is 12.9. The van der Waals surface area contributed by atoms with Crippen molar-refractivity contribution in [3.63, 3.8) is 0 Å². The van der Waals surface area contributed by atoms with Gasteiger partial charge in [-0.3, -0.25) is 0 Å². The molecule has 0 saturated carbocycles. The van der Waals surface area contributed by atoms with Gasteiger partial charge in [0.05, 0.1) is 5.69 Å². The van der Waals surface area contributed by atoms with E-state index in [4.69, 9.17) is 11.5 Å². The molecule has 0 heterocycles. The van der Waals surface area contributed by atoms with E-state index in [2.05, 4.69) is 0 Å². The van der Waals surface area contributed by atoms with Crippen LogP contribution in [0.3, 0.4) is 0 Å². The molecule has 0 aliphatic rings. The summed E-state index contributed by atoms with van der Waals surface area (Å²) >= 11 is 0. The number of rotatable bonds is 1. The monoisotopic (exact) mass is 170 g/mol. The molecule has 0 bridgehead atoms. The van der Waals surface area contributed by atoms with Crippen LogP contribution in [0.1, 0.15) is 18.5 Å². The molecule has 1 aromatic rings. The molecule has 0 aliphatic carbocycles. The summed E-state index contributed by atoms with van der Waals surface area (Å²) in [5.41, 5.74) is 11.2. The molecule has 5 N–H and O–H groups in total. The lowest BCUT2D eigenvalue weighted by atomic mass is 10.1. The lowest BCUT2D eigenvalue weighted by molar-refractivity contribution is 0.458. The van der Waals surface area contributed by atoms with Crippen LogP contribution >= 0.6 is 0 Å². The molecule has 1 rings (SSSR count). The van der Waals surface area contributed by atoms with Gasteiger partial charge < -0.3 is 16.6 Å². The maximum atomic E-state index is 12.7. The number of phenols is 1. The molecule has 1 aromatic carbocycles. The molecule has 0 aliphatic heterocycles. The lowest BCUT2D eigenvalue weighted by Crippen LogP contribution is -2.06. The summed E-state index contributed by atoms with van der Waals surface area (Å²) in [4.78, 5) is 0. The fourth-order valence-electron chi connectivity index (χ4n) is 0.962. The van der Waals surface area contributed by atoms with Crippen LogP contribution in [0.5, 0.6) is 5.75 Å². The van der Waals surface area contributed by atoms with Gasteiger partial charge in [0.2, 0.25) is 0 Å². The van der Waals surface area contributed by atoms with Crippen molar-refractivity contribution in [2.75, 3.05) is 5.73 Å². The third kappa shape index (κ3) is 1.48. The number of aromatic hydroxyl groups is 1. The zero-order chi connectivity index (χ0) is 9.30. The minimum Gasteiger partial charge on any atom is -0.507 e. The Hall–Kier alpha value is -1.29. The van der Waals surface area contributed by atoms with Gasteiger partial charge in [0.15, 0.2) is 0 Å². The number of hydrogen-bond acceptors (Lipinski definition) is 3. The van der Waals surface area contributed by atoms with E-state index in [0.717, 1.165) is 6.07 Å². The summed E-state index contributed by atoms with van der Waals surface area (Å²) in [5, 5.41) is 9.21. The molecule has 66 valence electrons. The third-order valence-electron chi connectivity index (χ3n) is 1.64. The van der Waals surface area contributed by atoms with Gasteiger partial charge in [0.25, 0.3) is 0 Å². The number of halogens is 1. The molecule has 0 spiro atoms. The molecule has 4 heteroatoms. The van der Waals surface area contributed by atoms with Gasteiger partial charge in [-0.05, 0) is 13.0 Å². The second kappa shape index (κ2) is 2.98. The van der Waals surface area contributed by atoms with E-state index in [0.29, 0.717) is 5.56 Å². The topological polar surface area (TPSA) is 72.3 Å². The summed E-state index contributed by atoms with van der Waals surface area (Å²) in [6.07, 6.45) is 0. The van der Waals surface area contributed by atoms with Crippen LogP contribution in [0.25, 0.3) is 0 Å². The fraction of sp³-hybridized carbons (Fsp3) is 0.250. The second-order valence-corrected chi connectivity index (χ2v) is 2.72. The van der Waals surface area contributed by atoms with Gasteiger partial charge in [-0.25, -0.2) is 4.39 Å². The van der Waals surface area contributed by atoms with E-state index in [-0.39, 0.29) is 17.5 Å². The Labute approximate surface area is 69.8 Å². The predicted molar refractivity (Wildman–Crippen MR) is 45.1 cm³/mol. The Morgan fingerprint density at radius 2 is 2.08 bits per heavy atom. The first-order valence-corrected chi connectivity index (χ1v) is 3.56. The molecule has 12 heavy (non-hydrogen) atoms. The van der Waals surface area contributed by atoms with Gasteiger partial charge in [-0.1, -0.05) is 0 Å². The highest BCUT2D eigenvalue weighted by atomic mass is 19.1. The average Bonchev–Trinajstić information content (AvgIpc) is 1.96. The lowest BCUT2D eigenvalue weighted by Gasteiger charge is -2.09. The fourth-order valence-corrected chi connectivity index (χ4v) is 0.962. The first kappa shape index (κ1) is 8.80. The first-order valence-electron chi connectivity index (χ1n) is 3.56. The molecule has 3 nitrogen and oxygen atoms in total. The standard InChI is InChI=1S/C8H11FN2O/c1-4(10)5-2-7(11)6(9)3-8(5)12/h2-4,12H,10-11H2,1H3/t4-/m1/s1. The largest absolute Gasteiger partial charge is 0.507 e. The van der Waals surface area contributed by atoms with Crippen LogP contribution in [0, 0.1) is 5.82 Å². The smallest absolute Gasteiger partial charge is 0.149 e. The van der Waals surface area contributed by atoms with Gasteiger partial charge >= 0.3 is 0 Å². The van der Waals surface area contributed by atoms with E-state index in [1.807, 2.05) is 0 Å². The summed E-state index contributed by atoms with van der Waals surface area (Å²) in [5.74, 6) is -0.784. The number of nitrogens with two attached hydrogens (primary N) is 2. The van der Waals surface area contributed by atoms with E-state index in [1.165, 1.54) is 6.07 Å². The van der Waals surface area contributed by atoms with Crippen molar-refractivity contribution in [1.29, 1.82) is 0 Å². The maximum absolute atomic E-state index is 12.7. The van der Waals surface area contributed by atoms with Crippen LogP contribution in [0.15, 0.2) is 12.1 Å². The molecule has 0 amide bonds. The number of phenolic OH excluding ortho intramolecular Hbond substituents is 1. The van der Waals surface area contributed by atoms with Crippen LogP contribution < -0.4 is 11.5 Å². The number of hydrogen-bond donors (Lipinski definition) is 3. The molecular formula is C8H11FN2O. The molecule has 1 atom stereocenters. The average molecular weight is 170 g/mol. The quantitative estimate of drug-likeness (QED) is 0.437. The summed E-state index contributed by atoms with van der Waals surface area (Å²) < 4.78 is 12.7. The van der Waals surface area contributed by atoms with E-state index in [9.17, 15) is 9.50 Å². The SMILES string of the molecule is C[C@@H](N)c1cc(N)c(F)cc1O. The van der Waals surface area contributed by atoms with Gasteiger partial charge in [-0.2, -0.15) is 0 Å². The van der Waals surface area contributed by atoms with Crippen molar-refractivity contribution in [2.24, 2.45) is 5.73 Å². The zero-order valence-corrected chi connectivity index (χ0v) is 6.71. The van der Waals surface area contributed by atoms with Crippen LogP contribution in [-0.4, -0.2) is 5.11 Å². The van der Waals surface area contributed by atoms with Crippen LogP contribution in [-0.2, 0) is 0 Å². The van der Waals surface area contributed by atoms with E-state index < -0.39 is 5.82 Å². The summed E-state index contributed by atoms with van der Waals surface area (Å²) in [6.45, 7) is 1.69. The highest BCUT2D eigenvalue weighted by Gasteiger charge is 2.09. The number of anilines is 1.